The van der Waals surface area contributed by atoms with E-state index in [9.17, 15) is 0 Å². The molecule has 0 radical (unpaired) electrons. The zero-order chi connectivity index (χ0) is 13.9. The van der Waals surface area contributed by atoms with E-state index in [1.54, 1.807) is 0 Å². The Bertz CT molecular complexity index is 263. The van der Waals surface area contributed by atoms with Crippen molar-refractivity contribution in [1.29, 1.82) is 0 Å². The summed E-state index contributed by atoms with van der Waals surface area (Å²) in [6, 6.07) is 0. The molecule has 2 heteroatoms. The molecule has 2 saturated carbocycles. The molecule has 2 heterocycles. The van der Waals surface area contributed by atoms with Crippen LogP contribution in [0.5, 0.6) is 0 Å². The van der Waals surface area contributed by atoms with Crippen LogP contribution >= 0.6 is 0 Å². The monoisotopic (exact) mass is 268 g/mol. The van der Waals surface area contributed by atoms with Gasteiger partial charge in [-0.1, -0.05) is 40.5 Å². The number of hydrogen-bond donors (Lipinski definition) is 0. The smallest absolute Gasteiger partial charge is 0.0844 e. The molecule has 4 rings (SSSR count). The van der Waals surface area contributed by atoms with Gasteiger partial charge in [-0.05, 0) is 37.5 Å². The predicted octanol–water partition coefficient (Wildman–Crippen LogP) is 4.42. The SMILES string of the molecule is CC1CC1.CC1CCC2OC2C1.CCC1(C)COC1. The van der Waals surface area contributed by atoms with Gasteiger partial charge >= 0.3 is 0 Å². The second kappa shape index (κ2) is 6.58. The Hall–Kier alpha value is -0.0800. The van der Waals surface area contributed by atoms with Crippen molar-refractivity contribution in [3.05, 3.63) is 0 Å². The van der Waals surface area contributed by atoms with Gasteiger partial charge in [-0.25, -0.2) is 0 Å². The van der Waals surface area contributed by atoms with Crippen LogP contribution in [-0.4, -0.2) is 25.4 Å². The molecule has 0 aromatic rings. The highest BCUT2D eigenvalue weighted by atomic mass is 16.6. The van der Waals surface area contributed by atoms with Crippen LogP contribution in [0, 0.1) is 17.3 Å². The molecule has 4 aliphatic rings. The molecule has 3 unspecified atom stereocenters. The zero-order valence-corrected chi connectivity index (χ0v) is 13.3. The van der Waals surface area contributed by atoms with Gasteiger partial charge in [-0.2, -0.15) is 0 Å². The van der Waals surface area contributed by atoms with E-state index in [2.05, 4.69) is 27.7 Å². The number of rotatable bonds is 1. The van der Waals surface area contributed by atoms with E-state index < -0.39 is 0 Å². The van der Waals surface area contributed by atoms with Crippen LogP contribution in [0.3, 0.4) is 0 Å². The quantitative estimate of drug-likeness (QED) is 0.656. The van der Waals surface area contributed by atoms with Crippen molar-refractivity contribution in [2.45, 2.75) is 78.4 Å². The number of hydrogen-bond acceptors (Lipinski definition) is 2. The Morgan fingerprint density at radius 2 is 1.53 bits per heavy atom. The lowest BCUT2D eigenvalue weighted by Crippen LogP contribution is -2.38. The summed E-state index contributed by atoms with van der Waals surface area (Å²) in [5, 5.41) is 0. The Labute approximate surface area is 119 Å². The Kier molecular flexibility index (Phi) is 5.30. The molecule has 3 atom stereocenters. The van der Waals surface area contributed by atoms with Crippen molar-refractivity contribution < 1.29 is 9.47 Å². The summed E-state index contributed by atoms with van der Waals surface area (Å²) in [5.74, 6) is 2.01. The van der Waals surface area contributed by atoms with Crippen molar-refractivity contribution in [2.75, 3.05) is 13.2 Å². The fourth-order valence-electron chi connectivity index (χ4n) is 2.42. The second-order valence-electron chi connectivity index (χ2n) is 7.47. The van der Waals surface area contributed by atoms with Gasteiger partial charge in [0.05, 0.1) is 25.4 Å². The largest absolute Gasteiger partial charge is 0.380 e. The number of fused-ring (bicyclic) bond motifs is 1. The molecule has 2 nitrogen and oxygen atoms in total. The van der Waals surface area contributed by atoms with E-state index in [0.29, 0.717) is 17.6 Å². The average Bonchev–Trinajstić information content (AvgIpc) is 3.25. The topological polar surface area (TPSA) is 21.8 Å². The van der Waals surface area contributed by atoms with Crippen molar-refractivity contribution >= 4 is 0 Å². The molecule has 0 spiro atoms. The summed E-state index contributed by atoms with van der Waals surface area (Å²) < 4.78 is 10.4. The maximum absolute atomic E-state index is 5.35. The fraction of sp³-hybridized carbons (Fsp3) is 1.00. The van der Waals surface area contributed by atoms with Crippen molar-refractivity contribution in [1.82, 2.24) is 0 Å². The first-order valence-corrected chi connectivity index (χ1v) is 8.25. The third kappa shape index (κ3) is 5.43. The van der Waals surface area contributed by atoms with Crippen LogP contribution < -0.4 is 0 Å². The lowest BCUT2D eigenvalue weighted by Gasteiger charge is -2.36. The molecule has 2 aliphatic heterocycles. The predicted molar refractivity (Wildman–Crippen MR) is 79.3 cm³/mol. The molecule has 0 bridgehead atoms. The zero-order valence-electron chi connectivity index (χ0n) is 13.3. The van der Waals surface area contributed by atoms with Crippen LogP contribution in [0.2, 0.25) is 0 Å². The average molecular weight is 268 g/mol. The first-order valence-electron chi connectivity index (χ1n) is 8.25. The van der Waals surface area contributed by atoms with Gasteiger partial charge in [0, 0.05) is 5.41 Å². The van der Waals surface area contributed by atoms with Gasteiger partial charge in [0.25, 0.3) is 0 Å². The summed E-state index contributed by atoms with van der Waals surface area (Å²) in [4.78, 5) is 0. The number of epoxide rings is 1. The molecule has 2 aliphatic carbocycles. The van der Waals surface area contributed by atoms with Crippen LogP contribution in [0.1, 0.15) is 66.2 Å². The lowest BCUT2D eigenvalue weighted by atomic mass is 9.86. The molecule has 2 saturated heterocycles. The van der Waals surface area contributed by atoms with E-state index in [4.69, 9.17) is 9.47 Å². The molecule has 112 valence electrons. The minimum atomic E-state index is 0.542. The summed E-state index contributed by atoms with van der Waals surface area (Å²) in [6.45, 7) is 11.0. The lowest BCUT2D eigenvalue weighted by molar-refractivity contribution is -0.103. The molecule has 4 fully saturated rings. The highest BCUT2D eigenvalue weighted by Gasteiger charge is 2.42. The van der Waals surface area contributed by atoms with E-state index in [0.717, 1.165) is 25.0 Å². The van der Waals surface area contributed by atoms with Gasteiger partial charge in [0.15, 0.2) is 0 Å². The fourth-order valence-corrected chi connectivity index (χ4v) is 2.42. The van der Waals surface area contributed by atoms with Crippen LogP contribution in [0.15, 0.2) is 0 Å². The summed E-state index contributed by atoms with van der Waals surface area (Å²) in [7, 11) is 0. The van der Waals surface area contributed by atoms with Crippen LogP contribution in [0.25, 0.3) is 0 Å². The number of ether oxygens (including phenoxy) is 2. The van der Waals surface area contributed by atoms with E-state index in [1.165, 1.54) is 38.5 Å². The Morgan fingerprint density at radius 3 is 1.79 bits per heavy atom. The van der Waals surface area contributed by atoms with Gasteiger partial charge in [0.2, 0.25) is 0 Å². The molecule has 0 amide bonds. The molecule has 19 heavy (non-hydrogen) atoms. The van der Waals surface area contributed by atoms with Gasteiger partial charge in [0.1, 0.15) is 0 Å². The summed E-state index contributed by atoms with van der Waals surface area (Å²) >= 11 is 0. The maximum atomic E-state index is 5.35. The van der Waals surface area contributed by atoms with Gasteiger partial charge in [-0.15, -0.1) is 0 Å². The summed E-state index contributed by atoms with van der Waals surface area (Å²) in [5.41, 5.74) is 0.542. The van der Waals surface area contributed by atoms with E-state index in [-0.39, 0.29) is 0 Å². The van der Waals surface area contributed by atoms with Gasteiger partial charge in [-0.3, -0.25) is 0 Å². The standard InChI is InChI=1S/C7H12O.C6H12O.C4H8/c1-5-2-3-6-7(4-5)8-6;1-3-6(2)4-7-5-6;1-4-2-3-4/h5-7H,2-4H2,1H3;3-5H2,1-2H3;4H,2-3H2,1H3. The Balaban J connectivity index is 0.000000111. The maximum Gasteiger partial charge on any atom is 0.0844 e. The van der Waals surface area contributed by atoms with Crippen molar-refractivity contribution in [2.24, 2.45) is 17.3 Å². The molecule has 0 aromatic heterocycles. The molecule has 0 aromatic carbocycles. The molecule has 0 N–H and O–H groups in total. The van der Waals surface area contributed by atoms with Crippen molar-refractivity contribution in [3.63, 3.8) is 0 Å². The van der Waals surface area contributed by atoms with E-state index in [1.807, 2.05) is 0 Å². The first kappa shape index (κ1) is 15.3. The highest BCUT2D eigenvalue weighted by molar-refractivity contribution is 4.90. The second-order valence-corrected chi connectivity index (χ2v) is 7.47. The van der Waals surface area contributed by atoms with Crippen LogP contribution in [0.4, 0.5) is 0 Å². The Morgan fingerprint density at radius 1 is 0.947 bits per heavy atom. The van der Waals surface area contributed by atoms with Crippen molar-refractivity contribution in [3.8, 4) is 0 Å². The minimum Gasteiger partial charge on any atom is -0.380 e. The highest BCUT2D eigenvalue weighted by Crippen LogP contribution is 2.38. The van der Waals surface area contributed by atoms with Gasteiger partial charge < -0.3 is 9.47 Å². The third-order valence-corrected chi connectivity index (χ3v) is 4.89. The molecular weight excluding hydrogens is 236 g/mol. The van der Waals surface area contributed by atoms with Crippen LogP contribution in [-0.2, 0) is 9.47 Å². The third-order valence-electron chi connectivity index (χ3n) is 4.89. The normalized spacial score (nSPS) is 37.6. The first-order chi connectivity index (χ1) is 9.02. The molecular formula is C17H32O2. The van der Waals surface area contributed by atoms with E-state index >= 15 is 0 Å². The summed E-state index contributed by atoms with van der Waals surface area (Å²) in [6.07, 6.45) is 9.63. The minimum absolute atomic E-state index is 0.542.